The minimum atomic E-state index is -0.405. The van der Waals surface area contributed by atoms with Crippen LogP contribution in [0, 0.1) is 0 Å². The van der Waals surface area contributed by atoms with E-state index in [9.17, 15) is 9.90 Å². The van der Waals surface area contributed by atoms with Crippen molar-refractivity contribution in [1.82, 2.24) is 5.32 Å². The van der Waals surface area contributed by atoms with Gasteiger partial charge in [-0.05, 0) is 37.0 Å². The minimum Gasteiger partial charge on any atom is -0.388 e. The molecule has 1 atom stereocenters. The highest BCUT2D eigenvalue weighted by atomic mass is 16.3. The number of hydrogen-bond donors (Lipinski definition) is 2. The molecule has 0 unspecified atom stereocenters. The van der Waals surface area contributed by atoms with Crippen LogP contribution in [0.4, 0.5) is 5.69 Å². The molecular formula is C15H22N2O2. The van der Waals surface area contributed by atoms with Crippen molar-refractivity contribution in [2.24, 2.45) is 0 Å². The molecule has 2 rings (SSSR count). The Balaban J connectivity index is 1.90. The van der Waals surface area contributed by atoms with Gasteiger partial charge in [0, 0.05) is 18.8 Å². The van der Waals surface area contributed by atoms with Crippen molar-refractivity contribution in [3.8, 4) is 0 Å². The smallest absolute Gasteiger partial charge is 0.239 e. The number of carbonyl (C=O) groups excluding carboxylic acids is 1. The Hall–Kier alpha value is -1.55. The number of nitrogens with zero attached hydrogens (tertiary/aromatic N) is 1. The molecule has 1 aliphatic carbocycles. The number of aliphatic hydroxyl groups is 1. The first kappa shape index (κ1) is 13.9. The Morgan fingerprint density at radius 2 is 2.05 bits per heavy atom. The van der Waals surface area contributed by atoms with Crippen LogP contribution in [-0.4, -0.2) is 30.6 Å². The number of likely N-dealkylation sites (N-methyl/N-ethyl adjacent to an activating group) is 1. The number of hydrogen-bond acceptors (Lipinski definition) is 3. The van der Waals surface area contributed by atoms with Gasteiger partial charge >= 0.3 is 0 Å². The first-order valence-corrected chi connectivity index (χ1v) is 6.88. The van der Waals surface area contributed by atoms with E-state index in [1.54, 1.807) is 0 Å². The van der Waals surface area contributed by atoms with Crippen LogP contribution >= 0.6 is 0 Å². The lowest BCUT2D eigenvalue weighted by molar-refractivity contribution is -0.119. The maximum Gasteiger partial charge on any atom is 0.239 e. The highest BCUT2D eigenvalue weighted by Gasteiger charge is 2.23. The Morgan fingerprint density at radius 3 is 2.58 bits per heavy atom. The summed E-state index contributed by atoms with van der Waals surface area (Å²) in [6, 6.07) is 8.12. The monoisotopic (exact) mass is 262 g/mol. The zero-order valence-electron chi connectivity index (χ0n) is 11.6. The molecule has 4 heteroatoms. The molecule has 19 heavy (non-hydrogen) atoms. The lowest BCUT2D eigenvalue weighted by Gasteiger charge is -2.19. The molecule has 1 aromatic carbocycles. The Labute approximate surface area is 114 Å². The quantitative estimate of drug-likeness (QED) is 0.822. The van der Waals surface area contributed by atoms with Crippen LogP contribution in [-0.2, 0) is 4.79 Å². The highest BCUT2D eigenvalue weighted by Crippen LogP contribution is 2.21. The van der Waals surface area contributed by atoms with Crippen molar-refractivity contribution in [3.05, 3.63) is 29.8 Å². The van der Waals surface area contributed by atoms with E-state index in [0.717, 1.165) is 24.1 Å². The minimum absolute atomic E-state index is 0.0719. The van der Waals surface area contributed by atoms with Gasteiger partial charge in [-0.1, -0.05) is 19.1 Å². The number of aliphatic hydroxyl groups excluding tert-OH is 1. The van der Waals surface area contributed by atoms with Gasteiger partial charge in [-0.3, -0.25) is 4.79 Å². The van der Waals surface area contributed by atoms with Crippen LogP contribution in [0.15, 0.2) is 24.3 Å². The molecule has 0 spiro atoms. The molecule has 2 N–H and O–H groups in total. The van der Waals surface area contributed by atoms with Crippen LogP contribution in [0.1, 0.15) is 37.9 Å². The third-order valence-corrected chi connectivity index (χ3v) is 3.43. The summed E-state index contributed by atoms with van der Waals surface area (Å²) in [6.45, 7) is 2.32. The molecule has 0 radical (unpaired) electrons. The topological polar surface area (TPSA) is 52.6 Å². The summed E-state index contributed by atoms with van der Waals surface area (Å²) in [7, 11) is 1.90. The van der Waals surface area contributed by atoms with Crippen LogP contribution in [0.25, 0.3) is 0 Å². The molecule has 4 nitrogen and oxygen atoms in total. The number of benzene rings is 1. The summed E-state index contributed by atoms with van der Waals surface area (Å²) in [5, 5.41) is 12.7. The zero-order chi connectivity index (χ0) is 13.8. The lowest BCUT2D eigenvalue weighted by atomic mass is 10.1. The van der Waals surface area contributed by atoms with Crippen LogP contribution < -0.4 is 10.2 Å². The SMILES string of the molecule is CC[C@H](O)c1ccc(N(C)CC(=O)NC2CC2)cc1. The summed E-state index contributed by atoms with van der Waals surface area (Å²) in [6.07, 6.45) is 2.52. The third kappa shape index (κ3) is 3.96. The molecule has 1 aliphatic rings. The van der Waals surface area contributed by atoms with E-state index >= 15 is 0 Å². The Bertz CT molecular complexity index is 426. The van der Waals surface area contributed by atoms with E-state index in [0.29, 0.717) is 19.0 Å². The molecule has 0 heterocycles. The van der Waals surface area contributed by atoms with Crippen LogP contribution in [0.2, 0.25) is 0 Å². The fraction of sp³-hybridized carbons (Fsp3) is 0.533. The molecular weight excluding hydrogens is 240 g/mol. The molecule has 1 fully saturated rings. The van der Waals surface area contributed by atoms with Gasteiger partial charge in [0.25, 0.3) is 0 Å². The summed E-state index contributed by atoms with van der Waals surface area (Å²) >= 11 is 0. The van der Waals surface area contributed by atoms with E-state index in [1.165, 1.54) is 0 Å². The molecule has 0 saturated heterocycles. The van der Waals surface area contributed by atoms with Crippen molar-refractivity contribution < 1.29 is 9.90 Å². The van der Waals surface area contributed by atoms with Gasteiger partial charge < -0.3 is 15.3 Å². The largest absolute Gasteiger partial charge is 0.388 e. The molecule has 0 bridgehead atoms. The normalized spacial score (nSPS) is 15.9. The second kappa shape index (κ2) is 6.06. The number of carbonyl (C=O) groups is 1. The van der Waals surface area contributed by atoms with Crippen molar-refractivity contribution in [2.75, 3.05) is 18.5 Å². The number of rotatable bonds is 6. The van der Waals surface area contributed by atoms with Gasteiger partial charge in [0.2, 0.25) is 5.91 Å². The average molecular weight is 262 g/mol. The van der Waals surface area contributed by atoms with E-state index in [1.807, 2.05) is 43.1 Å². The van der Waals surface area contributed by atoms with Gasteiger partial charge in [0.15, 0.2) is 0 Å². The van der Waals surface area contributed by atoms with Crippen LogP contribution in [0.3, 0.4) is 0 Å². The van der Waals surface area contributed by atoms with E-state index < -0.39 is 6.10 Å². The lowest BCUT2D eigenvalue weighted by Crippen LogP contribution is -2.36. The van der Waals surface area contributed by atoms with Crippen molar-refractivity contribution >= 4 is 11.6 Å². The summed E-state index contributed by atoms with van der Waals surface area (Å²) in [5.74, 6) is 0.0719. The molecule has 0 aromatic heterocycles. The summed E-state index contributed by atoms with van der Waals surface area (Å²) < 4.78 is 0. The second-order valence-electron chi connectivity index (χ2n) is 5.21. The number of nitrogens with one attached hydrogen (secondary N) is 1. The Morgan fingerprint density at radius 1 is 1.42 bits per heavy atom. The van der Waals surface area contributed by atoms with Gasteiger partial charge in [-0.15, -0.1) is 0 Å². The third-order valence-electron chi connectivity index (χ3n) is 3.43. The maximum absolute atomic E-state index is 11.7. The highest BCUT2D eigenvalue weighted by molar-refractivity contribution is 5.81. The fourth-order valence-electron chi connectivity index (χ4n) is 1.99. The molecule has 1 saturated carbocycles. The maximum atomic E-state index is 11.7. The predicted octanol–water partition coefficient (Wildman–Crippen LogP) is 1.84. The van der Waals surface area contributed by atoms with Crippen molar-refractivity contribution in [2.45, 2.75) is 38.3 Å². The van der Waals surface area contributed by atoms with Gasteiger partial charge in [-0.2, -0.15) is 0 Å². The molecule has 1 amide bonds. The first-order valence-electron chi connectivity index (χ1n) is 6.88. The molecule has 0 aliphatic heterocycles. The van der Waals surface area contributed by atoms with Gasteiger partial charge in [0.1, 0.15) is 0 Å². The van der Waals surface area contributed by atoms with Gasteiger partial charge in [0.05, 0.1) is 12.6 Å². The number of anilines is 1. The predicted molar refractivity (Wildman–Crippen MR) is 76.1 cm³/mol. The average Bonchev–Trinajstić information content (AvgIpc) is 3.21. The Kier molecular flexibility index (Phi) is 4.43. The van der Waals surface area contributed by atoms with Crippen molar-refractivity contribution in [3.63, 3.8) is 0 Å². The molecule has 104 valence electrons. The standard InChI is InChI=1S/C15H22N2O2/c1-3-14(18)11-4-8-13(9-5-11)17(2)10-15(19)16-12-6-7-12/h4-5,8-9,12,14,18H,3,6-7,10H2,1-2H3,(H,16,19)/t14-/m0/s1. The summed E-state index contributed by atoms with van der Waals surface area (Å²) in [5.41, 5.74) is 1.90. The van der Waals surface area contributed by atoms with Gasteiger partial charge in [-0.25, -0.2) is 0 Å². The first-order chi connectivity index (χ1) is 9.10. The fourth-order valence-corrected chi connectivity index (χ4v) is 1.99. The second-order valence-corrected chi connectivity index (χ2v) is 5.21. The zero-order valence-corrected chi connectivity index (χ0v) is 11.6. The summed E-state index contributed by atoms with van der Waals surface area (Å²) in [4.78, 5) is 13.6. The number of amides is 1. The molecule has 1 aromatic rings. The van der Waals surface area contributed by atoms with E-state index in [4.69, 9.17) is 0 Å². The van der Waals surface area contributed by atoms with E-state index in [-0.39, 0.29) is 5.91 Å². The van der Waals surface area contributed by atoms with Crippen molar-refractivity contribution in [1.29, 1.82) is 0 Å². The van der Waals surface area contributed by atoms with Crippen LogP contribution in [0.5, 0.6) is 0 Å². The van der Waals surface area contributed by atoms with E-state index in [2.05, 4.69) is 5.32 Å².